The van der Waals surface area contributed by atoms with E-state index in [4.69, 9.17) is 4.74 Å². The number of hydrogen-bond acceptors (Lipinski definition) is 4. The normalized spacial score (nSPS) is 15.7. The van der Waals surface area contributed by atoms with Crippen molar-refractivity contribution in [3.63, 3.8) is 0 Å². The zero-order valence-electron chi connectivity index (χ0n) is 15.6. The third-order valence-corrected chi connectivity index (χ3v) is 4.96. The fourth-order valence-corrected chi connectivity index (χ4v) is 3.56. The fraction of sp³-hybridized carbons (Fsp3) is 0.286. The quantitative estimate of drug-likeness (QED) is 0.739. The molecule has 0 bridgehead atoms. The molecule has 144 valence electrons. The Hall–Kier alpha value is -3.22. The first kappa shape index (κ1) is 18.2. The number of carbonyl (C=O) groups excluding carboxylic acids is 1. The van der Waals surface area contributed by atoms with Crippen LogP contribution >= 0.6 is 0 Å². The number of carbonyl (C=O) groups is 1. The van der Waals surface area contributed by atoms with Crippen LogP contribution in [0.4, 0.5) is 4.39 Å². The summed E-state index contributed by atoms with van der Waals surface area (Å²) in [7, 11) is 1.60. The Morgan fingerprint density at radius 3 is 2.79 bits per heavy atom. The average Bonchev–Trinajstić information content (AvgIpc) is 3.12. The number of aromatic nitrogens is 3. The molecule has 28 heavy (non-hydrogen) atoms. The van der Waals surface area contributed by atoms with E-state index in [-0.39, 0.29) is 24.2 Å². The van der Waals surface area contributed by atoms with Gasteiger partial charge < -0.3 is 14.6 Å². The van der Waals surface area contributed by atoms with E-state index in [2.05, 4.69) is 15.5 Å². The number of halogens is 1. The molecule has 0 saturated heterocycles. The van der Waals surface area contributed by atoms with Crippen LogP contribution in [0.1, 0.15) is 17.8 Å². The van der Waals surface area contributed by atoms with Gasteiger partial charge in [0.2, 0.25) is 5.91 Å². The Labute approximate surface area is 162 Å². The number of methoxy groups -OCH3 is 1. The number of hydrogen-bond donors (Lipinski definition) is 1. The first-order chi connectivity index (χ1) is 13.6. The van der Waals surface area contributed by atoms with Crippen LogP contribution in [0.2, 0.25) is 0 Å². The maximum Gasteiger partial charge on any atom is 0.224 e. The van der Waals surface area contributed by atoms with Crippen molar-refractivity contribution < 1.29 is 13.9 Å². The van der Waals surface area contributed by atoms with Gasteiger partial charge in [-0.3, -0.25) is 4.79 Å². The Morgan fingerprint density at radius 2 is 2.00 bits per heavy atom. The Kier molecular flexibility index (Phi) is 5.06. The summed E-state index contributed by atoms with van der Waals surface area (Å²) < 4.78 is 20.5. The van der Waals surface area contributed by atoms with Gasteiger partial charge in [-0.1, -0.05) is 18.2 Å². The maximum absolute atomic E-state index is 13.2. The van der Waals surface area contributed by atoms with E-state index in [1.807, 2.05) is 28.8 Å². The molecule has 4 rings (SSSR count). The number of rotatable bonds is 5. The largest absolute Gasteiger partial charge is 0.496 e. The SMILES string of the molecule is COc1ccccc1CC(=O)N[C@H]1CCc2nnc(-c3ccc(F)cc3)n2C1. The maximum atomic E-state index is 13.2. The van der Waals surface area contributed by atoms with Gasteiger partial charge in [0.15, 0.2) is 5.82 Å². The predicted molar refractivity (Wildman–Crippen MR) is 102 cm³/mol. The lowest BCUT2D eigenvalue weighted by Crippen LogP contribution is -2.41. The molecule has 1 aromatic heterocycles. The Balaban J connectivity index is 1.46. The van der Waals surface area contributed by atoms with Crippen molar-refractivity contribution in [2.75, 3.05) is 7.11 Å². The van der Waals surface area contributed by atoms with E-state index < -0.39 is 0 Å². The van der Waals surface area contributed by atoms with Crippen molar-refractivity contribution in [2.45, 2.75) is 31.8 Å². The van der Waals surface area contributed by atoms with E-state index >= 15 is 0 Å². The van der Waals surface area contributed by atoms with E-state index in [0.717, 1.165) is 29.8 Å². The highest BCUT2D eigenvalue weighted by Gasteiger charge is 2.25. The first-order valence-electron chi connectivity index (χ1n) is 9.23. The van der Waals surface area contributed by atoms with Crippen molar-refractivity contribution in [3.05, 3.63) is 65.7 Å². The minimum absolute atomic E-state index is 0.00935. The van der Waals surface area contributed by atoms with Gasteiger partial charge in [0.05, 0.1) is 13.5 Å². The predicted octanol–water partition coefficient (Wildman–Crippen LogP) is 2.77. The van der Waals surface area contributed by atoms with Crippen LogP contribution in [0.15, 0.2) is 48.5 Å². The van der Waals surface area contributed by atoms with Crippen LogP contribution in [0.25, 0.3) is 11.4 Å². The highest BCUT2D eigenvalue weighted by molar-refractivity contribution is 5.79. The second-order valence-corrected chi connectivity index (χ2v) is 6.85. The highest BCUT2D eigenvalue weighted by atomic mass is 19.1. The summed E-state index contributed by atoms with van der Waals surface area (Å²) in [6.45, 7) is 0.590. The zero-order valence-corrected chi connectivity index (χ0v) is 15.6. The number of benzene rings is 2. The molecular weight excluding hydrogens is 359 g/mol. The Bertz CT molecular complexity index is 984. The fourth-order valence-electron chi connectivity index (χ4n) is 3.56. The van der Waals surface area contributed by atoms with Crippen molar-refractivity contribution >= 4 is 5.91 Å². The van der Waals surface area contributed by atoms with Crippen LogP contribution in [0.3, 0.4) is 0 Å². The number of nitrogens with one attached hydrogen (secondary N) is 1. The molecule has 6 nitrogen and oxygen atoms in total. The third-order valence-electron chi connectivity index (χ3n) is 4.96. The second kappa shape index (κ2) is 7.80. The number of ether oxygens (including phenoxy) is 1. The van der Waals surface area contributed by atoms with Gasteiger partial charge in [-0.25, -0.2) is 4.39 Å². The Morgan fingerprint density at radius 1 is 1.21 bits per heavy atom. The summed E-state index contributed by atoms with van der Waals surface area (Å²) in [5, 5.41) is 11.6. The summed E-state index contributed by atoms with van der Waals surface area (Å²) in [6, 6.07) is 13.7. The molecule has 1 aliphatic heterocycles. The minimum Gasteiger partial charge on any atom is -0.496 e. The number of nitrogens with zero attached hydrogens (tertiary/aromatic N) is 3. The highest BCUT2D eigenvalue weighted by Crippen LogP contribution is 2.24. The molecule has 2 heterocycles. The molecule has 0 radical (unpaired) electrons. The standard InChI is InChI=1S/C21H21FN4O2/c1-28-18-5-3-2-4-15(18)12-20(27)23-17-10-11-19-24-25-21(26(19)13-17)14-6-8-16(22)9-7-14/h2-9,17H,10-13H2,1H3,(H,23,27)/t17-/m0/s1. The monoisotopic (exact) mass is 380 g/mol. The van der Waals surface area contributed by atoms with Crippen LogP contribution < -0.4 is 10.1 Å². The van der Waals surface area contributed by atoms with Crippen LogP contribution in [-0.2, 0) is 24.2 Å². The topological polar surface area (TPSA) is 69.0 Å². The first-order valence-corrected chi connectivity index (χ1v) is 9.23. The lowest BCUT2D eigenvalue weighted by atomic mass is 10.1. The van der Waals surface area contributed by atoms with E-state index in [1.165, 1.54) is 12.1 Å². The molecule has 7 heteroatoms. The van der Waals surface area contributed by atoms with Crippen molar-refractivity contribution in [1.29, 1.82) is 0 Å². The molecule has 0 saturated carbocycles. The lowest BCUT2D eigenvalue weighted by Gasteiger charge is -2.25. The summed E-state index contributed by atoms with van der Waals surface area (Å²) in [4.78, 5) is 12.5. The molecule has 1 amide bonds. The van der Waals surface area contributed by atoms with Crippen molar-refractivity contribution in [1.82, 2.24) is 20.1 Å². The average molecular weight is 380 g/mol. The van der Waals surface area contributed by atoms with E-state index in [9.17, 15) is 9.18 Å². The molecule has 1 aliphatic rings. The molecule has 3 aromatic rings. The zero-order chi connectivity index (χ0) is 19.5. The van der Waals surface area contributed by atoms with E-state index in [1.54, 1.807) is 19.2 Å². The molecule has 0 spiro atoms. The minimum atomic E-state index is -0.288. The van der Waals surface area contributed by atoms with Crippen LogP contribution in [0.5, 0.6) is 5.75 Å². The van der Waals surface area contributed by atoms with Gasteiger partial charge in [0.25, 0.3) is 0 Å². The van der Waals surface area contributed by atoms with Crippen LogP contribution in [-0.4, -0.2) is 33.8 Å². The van der Waals surface area contributed by atoms with Gasteiger partial charge in [-0.05, 0) is 36.8 Å². The number of amides is 1. The summed E-state index contributed by atoms with van der Waals surface area (Å²) in [6.07, 6.45) is 1.80. The van der Waals surface area contributed by atoms with Gasteiger partial charge in [-0.15, -0.1) is 10.2 Å². The summed E-state index contributed by atoms with van der Waals surface area (Å²) in [5.74, 6) is 1.95. The van der Waals surface area contributed by atoms with Crippen molar-refractivity contribution in [2.24, 2.45) is 0 Å². The van der Waals surface area contributed by atoms with Crippen molar-refractivity contribution in [3.8, 4) is 17.1 Å². The van der Waals surface area contributed by atoms with Gasteiger partial charge in [0.1, 0.15) is 17.4 Å². The molecule has 0 aliphatic carbocycles. The second-order valence-electron chi connectivity index (χ2n) is 6.85. The molecular formula is C21H21FN4O2. The van der Waals surface area contributed by atoms with Crippen LogP contribution in [0, 0.1) is 5.82 Å². The molecule has 2 aromatic carbocycles. The smallest absolute Gasteiger partial charge is 0.224 e. The lowest BCUT2D eigenvalue weighted by molar-refractivity contribution is -0.121. The molecule has 1 N–H and O–H groups in total. The molecule has 0 fully saturated rings. The van der Waals surface area contributed by atoms with Gasteiger partial charge >= 0.3 is 0 Å². The molecule has 0 unspecified atom stereocenters. The number of fused-ring (bicyclic) bond motifs is 1. The van der Waals surface area contributed by atoms with Gasteiger partial charge in [-0.2, -0.15) is 0 Å². The third kappa shape index (κ3) is 3.74. The summed E-state index contributed by atoms with van der Waals surface area (Å²) >= 11 is 0. The van der Waals surface area contributed by atoms with Gasteiger partial charge in [0, 0.05) is 30.1 Å². The summed E-state index contributed by atoms with van der Waals surface area (Å²) in [5.41, 5.74) is 1.66. The molecule has 1 atom stereocenters. The number of aryl methyl sites for hydroxylation is 1. The van der Waals surface area contributed by atoms with E-state index in [0.29, 0.717) is 18.1 Å². The number of para-hydroxylation sites is 1.